The zero-order valence-corrected chi connectivity index (χ0v) is 26.8. The van der Waals surface area contributed by atoms with Crippen LogP contribution in [0.3, 0.4) is 0 Å². The molecular weight excluding hydrogens is 510 g/mol. The van der Waals surface area contributed by atoms with Gasteiger partial charge < -0.3 is 35.6 Å². The number of Topliss-reactive ketones (excluding diaryl/α,β-unsaturated/α-hetero) is 1. The number of aliphatic hydroxyl groups is 2. The minimum atomic E-state index is -1.70. The first-order valence-electron chi connectivity index (χ1n) is 15.5. The number of nitrogens with zero attached hydrogens (tertiary/aromatic N) is 1. The van der Waals surface area contributed by atoms with Gasteiger partial charge in [0.15, 0.2) is 0 Å². The maximum atomic E-state index is 13.9. The van der Waals surface area contributed by atoms with Crippen LogP contribution in [0.15, 0.2) is 0 Å². The molecule has 2 rings (SSSR count). The highest BCUT2D eigenvalue weighted by atomic mass is 16.6. The first-order valence-corrected chi connectivity index (χ1v) is 15.5. The average molecular weight is 570 g/mol. The van der Waals surface area contributed by atoms with Crippen LogP contribution in [0.5, 0.6) is 0 Å². The molecule has 0 aliphatic carbocycles. The molecule has 2 aliphatic rings. The number of carbonyl (C=O) groups is 2. The van der Waals surface area contributed by atoms with E-state index < -0.39 is 47.3 Å². The lowest BCUT2D eigenvalue weighted by molar-refractivity contribution is -0.190. The minimum absolute atomic E-state index is 0.0991. The van der Waals surface area contributed by atoms with Crippen molar-refractivity contribution < 1.29 is 29.3 Å². The minimum Gasteiger partial charge on any atom is -0.459 e. The van der Waals surface area contributed by atoms with Gasteiger partial charge in [0, 0.05) is 31.0 Å². The second-order valence-corrected chi connectivity index (χ2v) is 13.5. The SMILES string of the molecule is CC[C@H]1OC(=O)[C@H](C)C(=O)[C@H](C)[C@@H](C(C)C(C)C)[C@@]2(C)C[C@H](CN(C)[C@H](C)[C@@H](O)[C@]1(C)O)C(CNCCCN)O2. The predicted octanol–water partition coefficient (Wildman–Crippen LogP) is 2.61. The van der Waals surface area contributed by atoms with Gasteiger partial charge in [0.2, 0.25) is 0 Å². The summed E-state index contributed by atoms with van der Waals surface area (Å²) in [6, 6.07) is -0.422. The first-order chi connectivity index (χ1) is 18.5. The van der Waals surface area contributed by atoms with Crippen LogP contribution in [0.25, 0.3) is 0 Å². The van der Waals surface area contributed by atoms with Gasteiger partial charge in [-0.3, -0.25) is 9.59 Å². The molecule has 0 saturated carbocycles. The molecule has 2 aliphatic heterocycles. The van der Waals surface area contributed by atoms with Crippen LogP contribution in [0.2, 0.25) is 0 Å². The van der Waals surface area contributed by atoms with Gasteiger partial charge in [0.1, 0.15) is 29.5 Å². The van der Waals surface area contributed by atoms with Crippen molar-refractivity contribution in [2.45, 2.75) is 117 Å². The smallest absolute Gasteiger partial charge is 0.316 e. The molecule has 2 heterocycles. The molecule has 2 bridgehead atoms. The molecule has 0 radical (unpaired) electrons. The monoisotopic (exact) mass is 569 g/mol. The topological polar surface area (TPSA) is 134 Å². The largest absolute Gasteiger partial charge is 0.459 e. The number of nitrogens with one attached hydrogen (secondary N) is 1. The van der Waals surface area contributed by atoms with Crippen molar-refractivity contribution in [3.63, 3.8) is 0 Å². The maximum Gasteiger partial charge on any atom is 0.316 e. The second kappa shape index (κ2) is 14.4. The molecule has 234 valence electrons. The summed E-state index contributed by atoms with van der Waals surface area (Å²) in [4.78, 5) is 29.3. The van der Waals surface area contributed by atoms with Crippen LogP contribution in [0.4, 0.5) is 0 Å². The fraction of sp³-hybridized carbons (Fsp3) is 0.935. The number of ketones is 1. The van der Waals surface area contributed by atoms with Crippen LogP contribution in [-0.2, 0) is 19.1 Å². The van der Waals surface area contributed by atoms with E-state index in [2.05, 4.69) is 37.9 Å². The third-order valence-electron chi connectivity index (χ3n) is 10.2. The number of fused-ring (bicyclic) bond motifs is 2. The molecule has 9 heteroatoms. The van der Waals surface area contributed by atoms with Crippen molar-refractivity contribution in [1.29, 1.82) is 0 Å². The van der Waals surface area contributed by atoms with Crippen LogP contribution >= 0.6 is 0 Å². The van der Waals surface area contributed by atoms with Crippen LogP contribution in [0.1, 0.15) is 81.6 Å². The summed E-state index contributed by atoms with van der Waals surface area (Å²) in [6.45, 7) is 20.1. The van der Waals surface area contributed by atoms with Gasteiger partial charge in [-0.05, 0) is 84.8 Å². The van der Waals surface area contributed by atoms with Gasteiger partial charge in [-0.1, -0.05) is 34.6 Å². The Balaban J connectivity index is 2.60. The summed E-state index contributed by atoms with van der Waals surface area (Å²) in [5.74, 6) is -1.80. The summed E-state index contributed by atoms with van der Waals surface area (Å²) >= 11 is 0. The van der Waals surface area contributed by atoms with Crippen molar-refractivity contribution in [2.75, 3.05) is 33.2 Å². The Bertz CT molecular complexity index is 838. The number of likely N-dealkylation sites (N-methyl/N-ethyl adjacent to an activating group) is 1. The maximum absolute atomic E-state index is 13.9. The van der Waals surface area contributed by atoms with Gasteiger partial charge in [-0.2, -0.15) is 0 Å². The molecule has 5 N–H and O–H groups in total. The lowest BCUT2D eigenvalue weighted by Gasteiger charge is -2.43. The first kappa shape index (κ1) is 35.1. The van der Waals surface area contributed by atoms with E-state index in [0.717, 1.165) is 19.4 Å². The molecule has 2 fully saturated rings. The van der Waals surface area contributed by atoms with Crippen LogP contribution in [0, 0.1) is 35.5 Å². The Morgan fingerprint density at radius 3 is 2.35 bits per heavy atom. The third kappa shape index (κ3) is 7.64. The summed E-state index contributed by atoms with van der Waals surface area (Å²) < 4.78 is 12.7. The Morgan fingerprint density at radius 1 is 1.18 bits per heavy atom. The Hall–Kier alpha value is -1.10. The normalized spacial score (nSPS) is 41.5. The standard InChI is InChI=1S/C31H59N3O6/c1-11-25-31(9,38)28(36)22(7)34(10)17-23-15-30(8,40-24(23)16-33-14-12-13-32)26(19(4)18(2)3)20(5)27(35)21(6)29(37)39-25/h18-26,28,33,36,38H,11-17,32H2,1-10H3/t19?,20-,21-,22-,23-,24?,25-,26-,28-,30-,31-/m1/s1. The van der Waals surface area contributed by atoms with E-state index in [-0.39, 0.29) is 29.6 Å². The second-order valence-electron chi connectivity index (χ2n) is 13.5. The van der Waals surface area contributed by atoms with Gasteiger partial charge in [-0.25, -0.2) is 0 Å². The Morgan fingerprint density at radius 2 is 1.80 bits per heavy atom. The van der Waals surface area contributed by atoms with Crippen molar-refractivity contribution in [3.8, 4) is 0 Å². The number of cyclic esters (lactones) is 1. The van der Waals surface area contributed by atoms with Crippen molar-refractivity contribution >= 4 is 11.8 Å². The molecule has 0 amide bonds. The number of nitrogens with two attached hydrogens (primary N) is 1. The van der Waals surface area contributed by atoms with E-state index in [1.54, 1.807) is 13.8 Å². The zero-order valence-electron chi connectivity index (χ0n) is 26.8. The molecule has 0 aromatic rings. The number of ether oxygens (including phenoxy) is 2. The molecule has 0 aromatic heterocycles. The van der Waals surface area contributed by atoms with E-state index in [9.17, 15) is 19.8 Å². The fourth-order valence-corrected chi connectivity index (χ4v) is 7.18. The molecule has 0 spiro atoms. The number of carbonyl (C=O) groups excluding carboxylic acids is 2. The van der Waals surface area contributed by atoms with Gasteiger partial charge in [-0.15, -0.1) is 0 Å². The molecular formula is C31H59N3O6. The van der Waals surface area contributed by atoms with Crippen molar-refractivity contribution in [3.05, 3.63) is 0 Å². The highest BCUT2D eigenvalue weighted by Crippen LogP contribution is 2.48. The fourth-order valence-electron chi connectivity index (χ4n) is 7.18. The Kier molecular flexibility index (Phi) is 12.6. The Labute approximate surface area is 242 Å². The van der Waals surface area contributed by atoms with Gasteiger partial charge in [0.25, 0.3) is 0 Å². The van der Waals surface area contributed by atoms with Crippen molar-refractivity contribution in [2.24, 2.45) is 41.2 Å². The highest BCUT2D eigenvalue weighted by Gasteiger charge is 2.54. The van der Waals surface area contributed by atoms with Gasteiger partial charge >= 0.3 is 5.97 Å². The summed E-state index contributed by atoms with van der Waals surface area (Å²) in [6.07, 6.45) is -0.315. The number of esters is 1. The quantitative estimate of drug-likeness (QED) is 0.198. The van der Waals surface area contributed by atoms with E-state index >= 15 is 0 Å². The molecule has 40 heavy (non-hydrogen) atoms. The zero-order chi connectivity index (χ0) is 30.6. The number of hydrogen-bond acceptors (Lipinski definition) is 9. The number of hydrogen-bond donors (Lipinski definition) is 4. The molecule has 2 saturated heterocycles. The highest BCUT2D eigenvalue weighted by molar-refractivity contribution is 5.99. The molecule has 11 atom stereocenters. The van der Waals surface area contributed by atoms with E-state index in [1.165, 1.54) is 6.92 Å². The van der Waals surface area contributed by atoms with Gasteiger partial charge in [0.05, 0.1) is 11.7 Å². The van der Waals surface area contributed by atoms with E-state index in [4.69, 9.17) is 15.2 Å². The number of rotatable bonds is 8. The third-order valence-corrected chi connectivity index (χ3v) is 10.2. The van der Waals surface area contributed by atoms with E-state index in [1.807, 2.05) is 20.9 Å². The average Bonchev–Trinajstić information content (AvgIpc) is 3.21. The lowest BCUT2D eigenvalue weighted by Crippen LogP contribution is -2.59. The summed E-state index contributed by atoms with van der Waals surface area (Å²) in [5.41, 5.74) is 3.41. The molecule has 9 nitrogen and oxygen atoms in total. The van der Waals surface area contributed by atoms with Crippen LogP contribution < -0.4 is 11.1 Å². The number of aliphatic hydroxyl groups excluding tert-OH is 1. The summed E-state index contributed by atoms with van der Waals surface area (Å²) in [7, 11) is 1.95. The van der Waals surface area contributed by atoms with Crippen molar-refractivity contribution in [1.82, 2.24) is 10.2 Å². The lowest BCUT2D eigenvalue weighted by atomic mass is 9.65. The molecule has 0 aromatic carbocycles. The molecule has 2 unspecified atom stereocenters. The van der Waals surface area contributed by atoms with E-state index in [0.29, 0.717) is 32.0 Å². The predicted molar refractivity (Wildman–Crippen MR) is 158 cm³/mol. The van der Waals surface area contributed by atoms with Crippen LogP contribution in [-0.4, -0.2) is 95.6 Å². The summed E-state index contributed by atoms with van der Waals surface area (Å²) in [5, 5.41) is 26.3.